The molecule has 2 aromatic rings. The number of aryl methyl sites for hydroxylation is 1. The highest BCUT2D eigenvalue weighted by Gasteiger charge is 2.31. The summed E-state index contributed by atoms with van der Waals surface area (Å²) >= 11 is 0. The Kier molecular flexibility index (Phi) is 7.04. The van der Waals surface area contributed by atoms with Crippen LogP contribution in [0.2, 0.25) is 0 Å². The topological polar surface area (TPSA) is 64.7 Å². The van der Waals surface area contributed by atoms with E-state index in [4.69, 9.17) is 0 Å². The average Bonchev–Trinajstić information content (AvgIpc) is 2.76. The van der Waals surface area contributed by atoms with E-state index in [2.05, 4.69) is 10.6 Å². The molecule has 3 rings (SSSR count). The van der Waals surface area contributed by atoms with Gasteiger partial charge in [-0.25, -0.2) is 4.79 Å². The van der Waals surface area contributed by atoms with Crippen molar-refractivity contribution >= 4 is 17.6 Å². The molecule has 9 heteroatoms. The van der Waals surface area contributed by atoms with Gasteiger partial charge in [0.25, 0.3) is 5.91 Å². The maximum atomic E-state index is 12.9. The van der Waals surface area contributed by atoms with Crippen LogP contribution in [0.4, 0.5) is 23.7 Å². The zero-order valence-electron chi connectivity index (χ0n) is 17.2. The maximum absolute atomic E-state index is 12.9. The summed E-state index contributed by atoms with van der Waals surface area (Å²) in [6.07, 6.45) is -4.38. The number of hydrogen-bond acceptors (Lipinski definition) is 3. The lowest BCUT2D eigenvalue weighted by Crippen LogP contribution is -2.52. The fourth-order valence-electron chi connectivity index (χ4n) is 3.31. The van der Waals surface area contributed by atoms with E-state index in [1.165, 1.54) is 6.07 Å². The van der Waals surface area contributed by atoms with Gasteiger partial charge in [-0.2, -0.15) is 13.2 Å². The number of anilines is 1. The first kappa shape index (κ1) is 22.5. The summed E-state index contributed by atoms with van der Waals surface area (Å²) in [5.41, 5.74) is 1.44. The van der Waals surface area contributed by atoms with E-state index in [0.29, 0.717) is 44.0 Å². The number of nitrogens with zero attached hydrogens (tertiary/aromatic N) is 2. The Morgan fingerprint density at radius 3 is 2.23 bits per heavy atom. The molecule has 1 saturated heterocycles. The molecule has 0 radical (unpaired) electrons. The Morgan fingerprint density at radius 2 is 1.58 bits per heavy atom. The number of carbonyl (C=O) groups is 2. The molecule has 0 atom stereocenters. The summed E-state index contributed by atoms with van der Waals surface area (Å²) in [5.74, 6) is -0.205. The molecule has 1 fully saturated rings. The summed E-state index contributed by atoms with van der Waals surface area (Å²) in [4.78, 5) is 27.8. The Bertz CT molecular complexity index is 908. The molecule has 3 amide bonds. The maximum Gasteiger partial charge on any atom is 0.416 e. The van der Waals surface area contributed by atoms with Crippen molar-refractivity contribution in [3.8, 4) is 0 Å². The normalized spacial score (nSPS) is 14.3. The van der Waals surface area contributed by atoms with Crippen LogP contribution in [0.25, 0.3) is 0 Å². The number of urea groups is 1. The second kappa shape index (κ2) is 9.72. The second-order valence-corrected chi connectivity index (χ2v) is 7.38. The molecular weight excluding hydrogens is 409 g/mol. The number of amides is 3. The minimum absolute atomic E-state index is 0.205. The molecule has 1 aliphatic rings. The first-order chi connectivity index (χ1) is 14.7. The summed E-state index contributed by atoms with van der Waals surface area (Å²) < 4.78 is 38.7. The number of nitrogens with one attached hydrogen (secondary N) is 2. The van der Waals surface area contributed by atoms with E-state index in [-0.39, 0.29) is 18.5 Å². The van der Waals surface area contributed by atoms with Crippen LogP contribution in [0.1, 0.15) is 21.5 Å². The van der Waals surface area contributed by atoms with Crippen molar-refractivity contribution in [2.75, 3.05) is 44.2 Å². The third kappa shape index (κ3) is 6.13. The van der Waals surface area contributed by atoms with Gasteiger partial charge in [-0.05, 0) is 37.3 Å². The van der Waals surface area contributed by atoms with Crippen LogP contribution in [0, 0.1) is 6.92 Å². The smallest absolute Gasteiger partial charge is 0.368 e. The minimum atomic E-state index is -4.38. The van der Waals surface area contributed by atoms with Crippen LogP contribution in [0.15, 0.2) is 48.5 Å². The number of halogens is 3. The monoisotopic (exact) mass is 434 g/mol. The molecule has 166 valence electrons. The van der Waals surface area contributed by atoms with Gasteiger partial charge in [-0.15, -0.1) is 0 Å². The molecule has 1 aliphatic heterocycles. The first-order valence-electron chi connectivity index (χ1n) is 10.0. The first-order valence-corrected chi connectivity index (χ1v) is 10.0. The van der Waals surface area contributed by atoms with Crippen molar-refractivity contribution < 1.29 is 22.8 Å². The van der Waals surface area contributed by atoms with Gasteiger partial charge in [0.05, 0.1) is 5.56 Å². The van der Waals surface area contributed by atoms with E-state index >= 15 is 0 Å². The summed E-state index contributed by atoms with van der Waals surface area (Å²) in [6, 6.07) is 12.2. The standard InChI is InChI=1S/C22H25F3N4O2/c1-16-5-7-17(8-6-16)20(30)26-9-10-27-21(31)29-13-11-28(12-14-29)19-4-2-3-18(15-19)22(23,24)25/h2-8,15H,9-14H2,1H3,(H,26,30)(H,27,31). The van der Waals surface area contributed by atoms with Gasteiger partial charge in [0.2, 0.25) is 0 Å². The molecule has 0 saturated carbocycles. The molecule has 31 heavy (non-hydrogen) atoms. The van der Waals surface area contributed by atoms with Crippen LogP contribution in [0.5, 0.6) is 0 Å². The van der Waals surface area contributed by atoms with Crippen molar-refractivity contribution in [3.63, 3.8) is 0 Å². The van der Waals surface area contributed by atoms with Gasteiger partial charge in [0, 0.05) is 50.5 Å². The van der Waals surface area contributed by atoms with Crippen LogP contribution in [-0.4, -0.2) is 56.1 Å². The quantitative estimate of drug-likeness (QED) is 0.710. The zero-order chi connectivity index (χ0) is 22.4. The van der Waals surface area contributed by atoms with E-state index in [1.54, 1.807) is 23.1 Å². The fourth-order valence-corrected chi connectivity index (χ4v) is 3.31. The van der Waals surface area contributed by atoms with Crippen LogP contribution in [0.3, 0.4) is 0 Å². The predicted molar refractivity (Wildman–Crippen MR) is 112 cm³/mol. The van der Waals surface area contributed by atoms with Crippen LogP contribution >= 0.6 is 0 Å². The van der Waals surface area contributed by atoms with Gasteiger partial charge in [0.1, 0.15) is 0 Å². The van der Waals surface area contributed by atoms with Gasteiger partial charge < -0.3 is 20.4 Å². The van der Waals surface area contributed by atoms with E-state index < -0.39 is 11.7 Å². The van der Waals surface area contributed by atoms with Crippen molar-refractivity contribution in [3.05, 3.63) is 65.2 Å². The van der Waals surface area contributed by atoms with Crippen molar-refractivity contribution in [2.24, 2.45) is 0 Å². The van der Waals surface area contributed by atoms with E-state index in [9.17, 15) is 22.8 Å². The van der Waals surface area contributed by atoms with Crippen LogP contribution in [-0.2, 0) is 6.18 Å². The van der Waals surface area contributed by atoms with Crippen LogP contribution < -0.4 is 15.5 Å². The predicted octanol–water partition coefficient (Wildman–Crippen LogP) is 3.28. The average molecular weight is 434 g/mol. The highest BCUT2D eigenvalue weighted by Crippen LogP contribution is 2.31. The molecular formula is C22H25F3N4O2. The lowest BCUT2D eigenvalue weighted by molar-refractivity contribution is -0.137. The molecule has 0 aliphatic carbocycles. The van der Waals surface area contributed by atoms with E-state index in [0.717, 1.165) is 17.7 Å². The summed E-state index contributed by atoms with van der Waals surface area (Å²) in [5, 5.41) is 5.51. The molecule has 1 heterocycles. The van der Waals surface area contributed by atoms with Gasteiger partial charge in [-0.3, -0.25) is 4.79 Å². The molecule has 6 nitrogen and oxygen atoms in total. The molecule has 2 N–H and O–H groups in total. The molecule has 0 unspecified atom stereocenters. The minimum Gasteiger partial charge on any atom is -0.368 e. The number of hydrogen-bond donors (Lipinski definition) is 2. The fraction of sp³-hybridized carbons (Fsp3) is 0.364. The van der Waals surface area contributed by atoms with Gasteiger partial charge in [-0.1, -0.05) is 23.8 Å². The highest BCUT2D eigenvalue weighted by atomic mass is 19.4. The SMILES string of the molecule is Cc1ccc(C(=O)NCCNC(=O)N2CCN(c3cccc(C(F)(F)F)c3)CC2)cc1. The molecule has 0 bridgehead atoms. The van der Waals surface area contributed by atoms with Crippen molar-refractivity contribution in [1.29, 1.82) is 0 Å². The summed E-state index contributed by atoms with van der Waals surface area (Å²) in [6.45, 7) is 4.21. The van der Waals surface area contributed by atoms with Crippen molar-refractivity contribution in [2.45, 2.75) is 13.1 Å². The third-order valence-electron chi connectivity index (χ3n) is 5.11. The Labute approximate surface area is 179 Å². The second-order valence-electron chi connectivity index (χ2n) is 7.38. The highest BCUT2D eigenvalue weighted by molar-refractivity contribution is 5.94. The molecule has 2 aromatic carbocycles. The number of rotatable bonds is 5. The van der Waals surface area contributed by atoms with Gasteiger partial charge >= 0.3 is 12.2 Å². The zero-order valence-corrected chi connectivity index (χ0v) is 17.2. The third-order valence-corrected chi connectivity index (χ3v) is 5.11. The largest absolute Gasteiger partial charge is 0.416 e. The number of piperazine rings is 1. The van der Waals surface area contributed by atoms with E-state index in [1.807, 2.05) is 24.0 Å². The molecule has 0 aromatic heterocycles. The Balaban J connectivity index is 1.40. The lowest BCUT2D eigenvalue weighted by atomic mass is 10.1. The lowest BCUT2D eigenvalue weighted by Gasteiger charge is -2.36. The number of benzene rings is 2. The van der Waals surface area contributed by atoms with Crippen molar-refractivity contribution in [1.82, 2.24) is 15.5 Å². The molecule has 0 spiro atoms. The number of alkyl halides is 3. The summed E-state index contributed by atoms with van der Waals surface area (Å²) in [7, 11) is 0. The number of carbonyl (C=O) groups excluding carboxylic acids is 2. The Morgan fingerprint density at radius 1 is 0.935 bits per heavy atom. The Hall–Kier alpha value is -3.23. The van der Waals surface area contributed by atoms with Gasteiger partial charge in [0.15, 0.2) is 0 Å².